The molecule has 0 aromatic carbocycles. The summed E-state index contributed by atoms with van der Waals surface area (Å²) >= 11 is 0. The zero-order valence-corrected chi connectivity index (χ0v) is 20.0. The van der Waals surface area contributed by atoms with Gasteiger partial charge in [0.1, 0.15) is 18.1 Å². The quantitative estimate of drug-likeness (QED) is 0.128. The van der Waals surface area contributed by atoms with Gasteiger partial charge in [0.05, 0.1) is 18.5 Å². The van der Waals surface area contributed by atoms with Crippen LogP contribution in [0.4, 0.5) is 0 Å². The van der Waals surface area contributed by atoms with E-state index in [1.165, 1.54) is 19.4 Å². The van der Waals surface area contributed by atoms with E-state index in [0.29, 0.717) is 12.1 Å². The molecule has 0 saturated heterocycles. The second kappa shape index (κ2) is 14.0. The van der Waals surface area contributed by atoms with E-state index in [9.17, 15) is 34.2 Å². The maximum Gasteiger partial charge on any atom is 0.326 e. The molecule has 0 aliphatic carbocycles. The highest BCUT2D eigenvalue weighted by Gasteiger charge is 2.33. The third-order valence-corrected chi connectivity index (χ3v) is 5.53. The molecule has 1 rings (SSSR count). The number of nitrogens with one attached hydrogen (secondary N) is 4. The summed E-state index contributed by atoms with van der Waals surface area (Å²) in [7, 11) is 0. The molecule has 0 spiro atoms. The Kier molecular flexibility index (Phi) is 11.8. The van der Waals surface area contributed by atoms with E-state index in [4.69, 9.17) is 11.5 Å². The molecule has 6 atom stereocenters. The van der Waals surface area contributed by atoms with E-state index in [1.807, 2.05) is 6.92 Å². The van der Waals surface area contributed by atoms with Gasteiger partial charge in [-0.15, -0.1) is 0 Å². The van der Waals surface area contributed by atoms with E-state index in [0.717, 1.165) is 0 Å². The first-order chi connectivity index (χ1) is 16.4. The summed E-state index contributed by atoms with van der Waals surface area (Å²) in [6.07, 6.45) is 1.40. The summed E-state index contributed by atoms with van der Waals surface area (Å²) in [4.78, 5) is 67.5. The van der Waals surface area contributed by atoms with Crippen LogP contribution in [-0.4, -0.2) is 80.1 Å². The number of aromatic amines is 1. The van der Waals surface area contributed by atoms with Crippen molar-refractivity contribution < 1.29 is 34.2 Å². The van der Waals surface area contributed by atoms with Gasteiger partial charge in [0.2, 0.25) is 23.6 Å². The van der Waals surface area contributed by atoms with E-state index in [1.54, 1.807) is 6.92 Å². The van der Waals surface area contributed by atoms with Crippen LogP contribution in [0.5, 0.6) is 0 Å². The molecule has 14 heteroatoms. The Morgan fingerprint density at radius 2 is 1.69 bits per heavy atom. The third-order valence-electron chi connectivity index (χ3n) is 5.53. The van der Waals surface area contributed by atoms with Crippen molar-refractivity contribution in [3.05, 3.63) is 18.2 Å². The maximum absolute atomic E-state index is 12.9. The van der Waals surface area contributed by atoms with E-state index in [2.05, 4.69) is 25.9 Å². The summed E-state index contributed by atoms with van der Waals surface area (Å²) in [6.45, 7) is 4.83. The Morgan fingerprint density at radius 1 is 1.06 bits per heavy atom. The molecule has 0 bridgehead atoms. The summed E-state index contributed by atoms with van der Waals surface area (Å²) in [6, 6.07) is -5.12. The molecule has 1 heterocycles. The van der Waals surface area contributed by atoms with E-state index < -0.39 is 59.9 Å². The van der Waals surface area contributed by atoms with Crippen molar-refractivity contribution in [3.63, 3.8) is 0 Å². The van der Waals surface area contributed by atoms with Gasteiger partial charge < -0.3 is 42.6 Å². The van der Waals surface area contributed by atoms with Gasteiger partial charge in [-0.25, -0.2) is 9.78 Å². The SMILES string of the molecule is CCC(C)C(N)C(=O)NC(CCC(N)=O)C(=O)NC(C(=O)NC(Cc1cnc[nH]1)C(=O)O)C(C)O. The fourth-order valence-corrected chi connectivity index (χ4v) is 3.07. The van der Waals surface area contributed by atoms with Crippen molar-refractivity contribution in [1.82, 2.24) is 25.9 Å². The molecule has 14 nitrogen and oxygen atoms in total. The number of carbonyl (C=O) groups excluding carboxylic acids is 4. The standard InChI is InChI=1S/C21H35N7O7/c1-4-10(2)16(23)19(32)26-13(5-6-15(22)30)18(31)28-17(11(3)29)20(33)27-14(21(34)35)7-12-8-24-9-25-12/h8-11,13-14,16-17,29H,4-7,23H2,1-3H3,(H2,22,30)(H,24,25)(H,26,32)(H,27,33)(H,28,31)(H,34,35). The number of primary amides is 1. The van der Waals surface area contributed by atoms with E-state index >= 15 is 0 Å². The number of aliphatic hydroxyl groups is 1. The Labute approximate surface area is 202 Å². The molecular weight excluding hydrogens is 462 g/mol. The number of carbonyl (C=O) groups is 5. The number of carboxylic acid groups (broad SMARTS) is 1. The highest BCUT2D eigenvalue weighted by Crippen LogP contribution is 2.08. The molecule has 4 amide bonds. The predicted octanol–water partition coefficient (Wildman–Crippen LogP) is -2.49. The third kappa shape index (κ3) is 9.70. The number of imidazole rings is 1. The molecule has 1 aromatic rings. The predicted molar refractivity (Wildman–Crippen MR) is 123 cm³/mol. The lowest BCUT2D eigenvalue weighted by Crippen LogP contribution is -2.60. The fourth-order valence-electron chi connectivity index (χ4n) is 3.07. The molecule has 0 aliphatic rings. The highest BCUT2D eigenvalue weighted by atomic mass is 16.4. The van der Waals surface area contributed by atoms with Crippen LogP contribution in [0.3, 0.4) is 0 Å². The van der Waals surface area contributed by atoms with Crippen molar-refractivity contribution >= 4 is 29.6 Å². The minimum atomic E-state index is -1.55. The Bertz CT molecular complexity index is 875. The molecular formula is C21H35N7O7. The summed E-state index contributed by atoms with van der Waals surface area (Å²) in [5.41, 5.74) is 11.5. The molecule has 0 fully saturated rings. The van der Waals surface area contributed by atoms with Crippen LogP contribution in [0, 0.1) is 5.92 Å². The molecule has 6 unspecified atom stereocenters. The molecule has 0 saturated carbocycles. The molecule has 10 N–H and O–H groups in total. The zero-order valence-electron chi connectivity index (χ0n) is 20.0. The second-order valence-corrected chi connectivity index (χ2v) is 8.38. The van der Waals surface area contributed by atoms with Gasteiger partial charge >= 0.3 is 5.97 Å². The van der Waals surface area contributed by atoms with Gasteiger partial charge in [-0.1, -0.05) is 20.3 Å². The summed E-state index contributed by atoms with van der Waals surface area (Å²) in [5, 5.41) is 26.6. The number of aromatic nitrogens is 2. The Hall–Kier alpha value is -3.52. The largest absolute Gasteiger partial charge is 0.480 e. The normalized spacial score (nSPS) is 16.1. The summed E-state index contributed by atoms with van der Waals surface area (Å²) in [5.74, 6) is -4.71. The number of aliphatic carboxylic acids is 1. The minimum Gasteiger partial charge on any atom is -0.480 e. The first kappa shape index (κ1) is 29.5. The van der Waals surface area contributed by atoms with Crippen molar-refractivity contribution in [2.24, 2.45) is 17.4 Å². The van der Waals surface area contributed by atoms with E-state index in [-0.39, 0.29) is 25.2 Å². The maximum atomic E-state index is 12.9. The first-order valence-corrected chi connectivity index (χ1v) is 11.2. The zero-order chi connectivity index (χ0) is 26.7. The van der Waals surface area contributed by atoms with Crippen LogP contribution in [0.2, 0.25) is 0 Å². The molecule has 0 radical (unpaired) electrons. The lowest BCUT2D eigenvalue weighted by molar-refractivity contribution is -0.143. The molecule has 35 heavy (non-hydrogen) atoms. The lowest BCUT2D eigenvalue weighted by atomic mass is 9.98. The van der Waals surface area contributed by atoms with Crippen LogP contribution in [-0.2, 0) is 30.4 Å². The van der Waals surface area contributed by atoms with Crippen LogP contribution in [0.25, 0.3) is 0 Å². The van der Waals surface area contributed by atoms with Crippen LogP contribution in [0.15, 0.2) is 12.5 Å². The first-order valence-electron chi connectivity index (χ1n) is 11.2. The number of hydrogen-bond donors (Lipinski definition) is 8. The number of aliphatic hydroxyl groups excluding tert-OH is 1. The average Bonchev–Trinajstić information content (AvgIpc) is 3.30. The number of nitrogens with zero attached hydrogens (tertiary/aromatic N) is 1. The number of carboxylic acids is 1. The van der Waals surface area contributed by atoms with Crippen molar-refractivity contribution in [1.29, 1.82) is 0 Å². The molecule has 196 valence electrons. The van der Waals surface area contributed by atoms with Gasteiger partial charge in [0.15, 0.2) is 0 Å². The summed E-state index contributed by atoms with van der Waals surface area (Å²) < 4.78 is 0. The fraction of sp³-hybridized carbons (Fsp3) is 0.619. The van der Waals surface area contributed by atoms with Crippen LogP contribution >= 0.6 is 0 Å². The average molecular weight is 498 g/mol. The Morgan fingerprint density at radius 3 is 2.17 bits per heavy atom. The molecule has 1 aromatic heterocycles. The smallest absolute Gasteiger partial charge is 0.326 e. The number of amides is 4. The monoisotopic (exact) mass is 497 g/mol. The lowest BCUT2D eigenvalue weighted by Gasteiger charge is -2.27. The van der Waals surface area contributed by atoms with Crippen molar-refractivity contribution in [2.45, 2.75) is 76.7 Å². The molecule has 0 aliphatic heterocycles. The Balaban J connectivity index is 2.97. The number of nitrogens with two attached hydrogens (primary N) is 2. The van der Waals surface area contributed by atoms with Gasteiger partial charge in [0, 0.05) is 24.7 Å². The number of hydrogen-bond acceptors (Lipinski definition) is 8. The topological polar surface area (TPSA) is 243 Å². The van der Waals surface area contributed by atoms with Gasteiger partial charge in [0.25, 0.3) is 0 Å². The number of H-pyrrole nitrogens is 1. The van der Waals surface area contributed by atoms with Crippen LogP contribution < -0.4 is 27.4 Å². The van der Waals surface area contributed by atoms with Gasteiger partial charge in [-0.2, -0.15) is 0 Å². The second-order valence-electron chi connectivity index (χ2n) is 8.38. The minimum absolute atomic E-state index is 0.119. The van der Waals surface area contributed by atoms with Crippen LogP contribution in [0.1, 0.15) is 45.7 Å². The van der Waals surface area contributed by atoms with Crippen molar-refractivity contribution in [3.8, 4) is 0 Å². The van der Waals surface area contributed by atoms with Gasteiger partial charge in [-0.05, 0) is 19.3 Å². The number of rotatable bonds is 15. The van der Waals surface area contributed by atoms with Gasteiger partial charge in [-0.3, -0.25) is 19.2 Å². The van der Waals surface area contributed by atoms with Crippen molar-refractivity contribution in [2.75, 3.05) is 0 Å². The highest BCUT2D eigenvalue weighted by molar-refractivity contribution is 5.94.